The average molecular weight is 294 g/mol. The number of allylic oxidation sites excluding steroid dienone is 5. The van der Waals surface area contributed by atoms with Gasteiger partial charge in [-0.25, -0.2) is 4.79 Å². The van der Waals surface area contributed by atoms with Crippen LogP contribution in [0.4, 0.5) is 0 Å². The molecule has 0 fully saturated rings. The van der Waals surface area contributed by atoms with Crippen LogP contribution < -0.4 is 4.74 Å². The molecule has 1 aliphatic rings. The first-order valence-corrected chi connectivity index (χ1v) is 7.02. The summed E-state index contributed by atoms with van der Waals surface area (Å²) in [6, 6.07) is 7.29. The van der Waals surface area contributed by atoms with Gasteiger partial charge in [-0.3, -0.25) is 4.79 Å². The number of benzene rings is 1. The van der Waals surface area contributed by atoms with Crippen molar-refractivity contribution in [2.24, 2.45) is 5.92 Å². The zero-order chi connectivity index (χ0) is 16.1. The Kier molecular flexibility index (Phi) is 4.89. The molecule has 0 unspecified atom stereocenters. The van der Waals surface area contributed by atoms with E-state index in [4.69, 9.17) is 4.74 Å². The van der Waals surface area contributed by atoms with Crippen molar-refractivity contribution in [2.75, 3.05) is 0 Å². The number of carbonyl (C=O) groups excluding carboxylic acids is 2. The Hall–Kier alpha value is -2.68. The van der Waals surface area contributed by atoms with Crippen LogP contribution in [0, 0.1) is 5.92 Å². The van der Waals surface area contributed by atoms with E-state index in [-0.39, 0.29) is 11.7 Å². The molecule has 0 amide bonds. The third-order valence-electron chi connectivity index (χ3n) is 3.25. The number of para-hydroxylation sites is 1. The van der Waals surface area contributed by atoms with Crippen LogP contribution >= 0.6 is 0 Å². The Morgan fingerprint density at radius 3 is 2.36 bits per heavy atom. The first-order chi connectivity index (χ1) is 10.5. The molecule has 3 heteroatoms. The first kappa shape index (κ1) is 15.7. The number of ketones is 1. The number of hydrogen-bond acceptors (Lipinski definition) is 3. The van der Waals surface area contributed by atoms with E-state index in [9.17, 15) is 9.59 Å². The monoisotopic (exact) mass is 294 g/mol. The Labute approximate surface area is 130 Å². The zero-order valence-corrected chi connectivity index (χ0v) is 12.7. The Morgan fingerprint density at radius 2 is 1.77 bits per heavy atom. The number of rotatable bonds is 4. The fraction of sp³-hybridized carbons (Fsp3) is 0.158. The summed E-state index contributed by atoms with van der Waals surface area (Å²) in [5.74, 6) is -0.00770. The maximum Gasteiger partial charge on any atom is 0.338 e. The summed E-state index contributed by atoms with van der Waals surface area (Å²) in [6.07, 6.45) is 9.41. The molecule has 0 spiro atoms. The number of Topliss-reactive ketones (excluding diaryl/α,β-unsaturated/α-hetero) is 1. The maximum absolute atomic E-state index is 11.7. The maximum atomic E-state index is 11.7. The summed E-state index contributed by atoms with van der Waals surface area (Å²) in [6.45, 7) is 6.76. The van der Waals surface area contributed by atoms with E-state index in [2.05, 4.69) is 6.58 Å². The lowest BCUT2D eigenvalue weighted by molar-refractivity contribution is -0.130. The smallest absolute Gasteiger partial charge is 0.338 e. The van der Waals surface area contributed by atoms with Crippen LogP contribution in [0.2, 0.25) is 0 Å². The molecule has 1 aromatic rings. The highest BCUT2D eigenvalue weighted by Gasteiger charge is 2.11. The van der Waals surface area contributed by atoms with Gasteiger partial charge in [-0.05, 0) is 31.6 Å². The minimum Gasteiger partial charge on any atom is -0.423 e. The van der Waals surface area contributed by atoms with Gasteiger partial charge in [0.1, 0.15) is 11.5 Å². The molecule has 112 valence electrons. The van der Waals surface area contributed by atoms with Crippen LogP contribution in [0.15, 0.2) is 66.3 Å². The van der Waals surface area contributed by atoms with Gasteiger partial charge in [-0.15, -0.1) is 0 Å². The third-order valence-corrected chi connectivity index (χ3v) is 3.25. The molecule has 0 heterocycles. The van der Waals surface area contributed by atoms with Crippen LogP contribution in [0.1, 0.15) is 19.4 Å². The zero-order valence-electron chi connectivity index (χ0n) is 12.7. The van der Waals surface area contributed by atoms with Crippen LogP contribution in [-0.4, -0.2) is 11.8 Å². The number of hydrogen-bond donors (Lipinski definition) is 0. The van der Waals surface area contributed by atoms with Crippen molar-refractivity contribution < 1.29 is 14.3 Å². The van der Waals surface area contributed by atoms with E-state index in [0.29, 0.717) is 11.3 Å². The molecular weight excluding hydrogens is 276 g/mol. The van der Waals surface area contributed by atoms with E-state index in [1.165, 1.54) is 0 Å². The Morgan fingerprint density at radius 1 is 1.14 bits per heavy atom. The molecule has 22 heavy (non-hydrogen) atoms. The molecule has 2 rings (SSSR count). The summed E-state index contributed by atoms with van der Waals surface area (Å²) >= 11 is 0. The van der Waals surface area contributed by atoms with E-state index in [0.717, 1.165) is 11.1 Å². The van der Waals surface area contributed by atoms with Crippen molar-refractivity contribution in [1.82, 2.24) is 0 Å². The van der Waals surface area contributed by atoms with Crippen LogP contribution in [0.5, 0.6) is 5.75 Å². The number of carbonyl (C=O) groups is 2. The van der Waals surface area contributed by atoms with Crippen molar-refractivity contribution in [3.05, 3.63) is 71.9 Å². The van der Waals surface area contributed by atoms with Gasteiger partial charge in [-0.1, -0.05) is 49.1 Å². The largest absolute Gasteiger partial charge is 0.423 e. The lowest BCUT2D eigenvalue weighted by Gasteiger charge is -2.10. The molecular formula is C19H18O3. The highest BCUT2D eigenvalue weighted by Crippen LogP contribution is 2.24. The Bertz CT molecular complexity index is 689. The van der Waals surface area contributed by atoms with Gasteiger partial charge < -0.3 is 4.74 Å². The molecule has 0 atom stereocenters. The van der Waals surface area contributed by atoms with E-state index >= 15 is 0 Å². The van der Waals surface area contributed by atoms with Crippen LogP contribution in [-0.2, 0) is 9.59 Å². The van der Waals surface area contributed by atoms with Crippen LogP contribution in [0.25, 0.3) is 6.08 Å². The highest BCUT2D eigenvalue weighted by molar-refractivity contribution is 5.89. The lowest BCUT2D eigenvalue weighted by Crippen LogP contribution is -2.09. The second-order valence-corrected chi connectivity index (χ2v) is 5.21. The Balaban J connectivity index is 2.24. The minimum atomic E-state index is -0.447. The predicted molar refractivity (Wildman–Crippen MR) is 87.3 cm³/mol. The van der Waals surface area contributed by atoms with Gasteiger partial charge in [0.05, 0.1) is 5.92 Å². The van der Waals surface area contributed by atoms with Gasteiger partial charge in [0.25, 0.3) is 0 Å². The van der Waals surface area contributed by atoms with Gasteiger partial charge in [-0.2, -0.15) is 0 Å². The second-order valence-electron chi connectivity index (χ2n) is 5.21. The van der Waals surface area contributed by atoms with Crippen LogP contribution in [0.3, 0.4) is 0 Å². The molecule has 0 saturated heterocycles. The fourth-order valence-corrected chi connectivity index (χ4v) is 1.98. The lowest BCUT2D eigenvalue weighted by atomic mass is 9.96. The summed E-state index contributed by atoms with van der Waals surface area (Å²) in [5, 5.41) is 0. The molecule has 0 N–H and O–H groups in total. The topological polar surface area (TPSA) is 43.4 Å². The minimum absolute atomic E-state index is 0.113. The molecule has 1 aromatic carbocycles. The van der Waals surface area contributed by atoms with Gasteiger partial charge in [0, 0.05) is 11.1 Å². The fourth-order valence-electron chi connectivity index (χ4n) is 1.98. The molecule has 0 bridgehead atoms. The second kappa shape index (κ2) is 6.85. The summed E-state index contributed by atoms with van der Waals surface area (Å²) in [7, 11) is 0. The summed E-state index contributed by atoms with van der Waals surface area (Å²) in [4.78, 5) is 23.0. The van der Waals surface area contributed by atoms with Gasteiger partial charge in [0.15, 0.2) is 0 Å². The third kappa shape index (κ3) is 3.92. The molecule has 0 saturated carbocycles. The van der Waals surface area contributed by atoms with Crippen molar-refractivity contribution in [3.8, 4) is 5.75 Å². The van der Waals surface area contributed by atoms with E-state index < -0.39 is 5.97 Å². The molecule has 0 aromatic heterocycles. The first-order valence-electron chi connectivity index (χ1n) is 7.02. The predicted octanol–water partition coefficient (Wildman–Crippen LogP) is 3.88. The average Bonchev–Trinajstić information content (AvgIpc) is 2.49. The molecule has 0 aliphatic heterocycles. The normalized spacial score (nSPS) is 16.3. The van der Waals surface area contributed by atoms with Crippen molar-refractivity contribution in [2.45, 2.75) is 13.8 Å². The van der Waals surface area contributed by atoms with Gasteiger partial charge in [0.2, 0.25) is 0 Å². The van der Waals surface area contributed by atoms with Crippen molar-refractivity contribution >= 4 is 17.8 Å². The van der Waals surface area contributed by atoms with Gasteiger partial charge >= 0.3 is 5.97 Å². The quantitative estimate of drug-likeness (QED) is 0.481. The number of esters is 1. The molecule has 1 aliphatic carbocycles. The van der Waals surface area contributed by atoms with E-state index in [1.807, 2.05) is 42.5 Å². The molecule has 3 nitrogen and oxygen atoms in total. The van der Waals surface area contributed by atoms with Crippen molar-refractivity contribution in [3.63, 3.8) is 0 Å². The SMILES string of the molecule is C=C(C)C(=O)Oc1ccccc1C=C1C=CC(C(C)=O)C=C1. The standard InChI is InChI=1S/C19H18O3/c1-13(2)19(21)22-18-7-5-4-6-17(18)12-15-8-10-16(11-9-15)14(3)20/h4-12,16H,1H2,2-3H3. The molecule has 0 radical (unpaired) electrons. The van der Waals surface area contributed by atoms with Crippen molar-refractivity contribution in [1.29, 1.82) is 0 Å². The number of ether oxygens (including phenoxy) is 1. The summed E-state index contributed by atoms with van der Waals surface area (Å²) < 4.78 is 5.32. The highest BCUT2D eigenvalue weighted by atomic mass is 16.5. The van der Waals surface area contributed by atoms with E-state index in [1.54, 1.807) is 26.0 Å². The summed E-state index contributed by atoms with van der Waals surface area (Å²) in [5.41, 5.74) is 2.09.